The lowest BCUT2D eigenvalue weighted by Gasteiger charge is -2.23. The lowest BCUT2D eigenvalue weighted by molar-refractivity contribution is 0.0931. The zero-order chi connectivity index (χ0) is 20.1. The molecule has 1 fully saturated rings. The van der Waals surface area contributed by atoms with Crippen LogP contribution in [-0.4, -0.2) is 41.9 Å². The fourth-order valence-corrected chi connectivity index (χ4v) is 3.64. The van der Waals surface area contributed by atoms with Crippen LogP contribution in [0.1, 0.15) is 28.8 Å². The minimum Gasteiger partial charge on any atom is -0.497 e. The van der Waals surface area contributed by atoms with Crippen molar-refractivity contribution in [3.63, 3.8) is 0 Å². The molecule has 30 heavy (non-hydrogen) atoms. The SMILES string of the molecule is COc1ccc(-c2nn(Cc3ccccc3)cc2C(=O)NC2CCCNC2)cc1.Cl. The number of hydrogen-bond donors (Lipinski definition) is 2. The van der Waals surface area contributed by atoms with Crippen LogP contribution in [-0.2, 0) is 6.54 Å². The smallest absolute Gasteiger partial charge is 0.255 e. The first-order chi connectivity index (χ1) is 14.2. The summed E-state index contributed by atoms with van der Waals surface area (Å²) in [7, 11) is 1.64. The Morgan fingerprint density at radius 1 is 1.20 bits per heavy atom. The second-order valence-corrected chi connectivity index (χ2v) is 7.32. The molecule has 6 nitrogen and oxygen atoms in total. The molecule has 0 aliphatic carbocycles. The molecule has 0 saturated carbocycles. The van der Waals surface area contributed by atoms with Gasteiger partial charge in [-0.1, -0.05) is 30.3 Å². The highest BCUT2D eigenvalue weighted by molar-refractivity contribution is 6.00. The molecule has 2 heterocycles. The maximum atomic E-state index is 13.1. The zero-order valence-electron chi connectivity index (χ0n) is 17.0. The van der Waals surface area contributed by atoms with E-state index in [1.807, 2.05) is 53.3 Å². The molecule has 2 aromatic carbocycles. The van der Waals surface area contributed by atoms with E-state index in [9.17, 15) is 4.79 Å². The van der Waals surface area contributed by atoms with E-state index in [-0.39, 0.29) is 24.4 Å². The summed E-state index contributed by atoms with van der Waals surface area (Å²) in [6, 6.07) is 17.9. The number of nitrogens with one attached hydrogen (secondary N) is 2. The maximum absolute atomic E-state index is 13.1. The van der Waals surface area contributed by atoms with Crippen LogP contribution in [0.15, 0.2) is 60.8 Å². The highest BCUT2D eigenvalue weighted by Gasteiger charge is 2.22. The van der Waals surface area contributed by atoms with Crippen molar-refractivity contribution in [2.45, 2.75) is 25.4 Å². The summed E-state index contributed by atoms with van der Waals surface area (Å²) in [6.45, 7) is 2.43. The Morgan fingerprint density at radius 3 is 2.63 bits per heavy atom. The topological polar surface area (TPSA) is 68.2 Å². The summed E-state index contributed by atoms with van der Waals surface area (Å²) in [6.07, 6.45) is 3.91. The number of amides is 1. The predicted octanol–water partition coefficient (Wildman–Crippen LogP) is 3.51. The average Bonchev–Trinajstić information content (AvgIpc) is 3.19. The number of carbonyl (C=O) groups excluding carboxylic acids is 1. The Labute approximate surface area is 183 Å². The first kappa shape index (κ1) is 21.9. The van der Waals surface area contributed by atoms with Gasteiger partial charge in [-0.25, -0.2) is 0 Å². The summed E-state index contributed by atoms with van der Waals surface area (Å²) in [5.74, 6) is 0.695. The van der Waals surface area contributed by atoms with E-state index >= 15 is 0 Å². The van der Waals surface area contributed by atoms with Crippen molar-refractivity contribution in [2.75, 3.05) is 20.2 Å². The van der Waals surface area contributed by atoms with Gasteiger partial charge in [0.1, 0.15) is 11.4 Å². The quantitative estimate of drug-likeness (QED) is 0.633. The van der Waals surface area contributed by atoms with Crippen LogP contribution in [0.2, 0.25) is 0 Å². The van der Waals surface area contributed by atoms with Gasteiger partial charge < -0.3 is 15.4 Å². The van der Waals surface area contributed by atoms with Crippen molar-refractivity contribution < 1.29 is 9.53 Å². The highest BCUT2D eigenvalue weighted by Crippen LogP contribution is 2.25. The van der Waals surface area contributed by atoms with E-state index in [4.69, 9.17) is 9.84 Å². The summed E-state index contributed by atoms with van der Waals surface area (Å²) in [5.41, 5.74) is 3.31. The van der Waals surface area contributed by atoms with Crippen molar-refractivity contribution in [1.82, 2.24) is 20.4 Å². The van der Waals surface area contributed by atoms with Gasteiger partial charge >= 0.3 is 0 Å². The number of methoxy groups -OCH3 is 1. The van der Waals surface area contributed by atoms with Crippen LogP contribution in [0.5, 0.6) is 5.75 Å². The Bertz CT molecular complexity index is 951. The standard InChI is InChI=1S/C23H26N4O2.ClH/c1-29-20-11-9-18(10-12-20)22-21(23(28)25-19-8-5-13-24-14-19)16-27(26-22)15-17-6-3-2-4-7-17;/h2-4,6-7,9-12,16,19,24H,5,8,13-15H2,1H3,(H,25,28);1H. The summed E-state index contributed by atoms with van der Waals surface area (Å²) in [5, 5.41) is 11.2. The molecular formula is C23H27ClN4O2. The molecule has 0 spiro atoms. The Kier molecular flexibility index (Phi) is 7.49. The molecule has 1 atom stereocenters. The summed E-state index contributed by atoms with van der Waals surface area (Å²) >= 11 is 0. The van der Waals surface area contributed by atoms with E-state index in [2.05, 4.69) is 22.8 Å². The number of halogens is 1. The second-order valence-electron chi connectivity index (χ2n) is 7.32. The lowest BCUT2D eigenvalue weighted by atomic mass is 10.1. The van der Waals surface area contributed by atoms with Crippen molar-refractivity contribution in [3.8, 4) is 17.0 Å². The van der Waals surface area contributed by atoms with Crippen LogP contribution in [0.3, 0.4) is 0 Å². The Hall–Kier alpha value is -2.83. The minimum absolute atomic E-state index is 0. The van der Waals surface area contributed by atoms with Crippen LogP contribution in [0.4, 0.5) is 0 Å². The van der Waals surface area contributed by atoms with Gasteiger partial charge in [-0.3, -0.25) is 9.48 Å². The number of ether oxygens (including phenoxy) is 1. The molecule has 1 amide bonds. The molecule has 0 bridgehead atoms. The second kappa shape index (κ2) is 10.3. The van der Waals surface area contributed by atoms with Gasteiger partial charge in [-0.2, -0.15) is 5.10 Å². The van der Waals surface area contributed by atoms with E-state index < -0.39 is 0 Å². The van der Waals surface area contributed by atoms with Crippen LogP contribution in [0, 0.1) is 0 Å². The first-order valence-electron chi connectivity index (χ1n) is 10.0. The van der Waals surface area contributed by atoms with Crippen molar-refractivity contribution in [2.24, 2.45) is 0 Å². The largest absolute Gasteiger partial charge is 0.497 e. The number of piperidine rings is 1. The number of rotatable bonds is 6. The maximum Gasteiger partial charge on any atom is 0.255 e. The first-order valence-corrected chi connectivity index (χ1v) is 10.0. The molecule has 2 N–H and O–H groups in total. The average molecular weight is 427 g/mol. The number of benzene rings is 2. The normalized spacial score (nSPS) is 15.8. The van der Waals surface area contributed by atoms with Gasteiger partial charge in [0.15, 0.2) is 0 Å². The number of aromatic nitrogens is 2. The summed E-state index contributed by atoms with van der Waals surface area (Å²) < 4.78 is 7.09. The molecule has 158 valence electrons. The predicted molar refractivity (Wildman–Crippen MR) is 120 cm³/mol. The van der Waals surface area contributed by atoms with Crippen molar-refractivity contribution in [1.29, 1.82) is 0 Å². The fraction of sp³-hybridized carbons (Fsp3) is 0.304. The third-order valence-corrected chi connectivity index (χ3v) is 5.19. The van der Waals surface area contributed by atoms with Crippen LogP contribution in [0.25, 0.3) is 11.3 Å². The van der Waals surface area contributed by atoms with Gasteiger partial charge in [0.25, 0.3) is 5.91 Å². The van der Waals surface area contributed by atoms with Crippen LogP contribution >= 0.6 is 12.4 Å². The molecule has 1 unspecified atom stereocenters. The molecule has 3 aromatic rings. The highest BCUT2D eigenvalue weighted by atomic mass is 35.5. The third kappa shape index (κ3) is 5.20. The molecule has 7 heteroatoms. The lowest BCUT2D eigenvalue weighted by Crippen LogP contribution is -2.45. The molecule has 1 saturated heterocycles. The van der Waals surface area contributed by atoms with Gasteiger partial charge in [0.05, 0.1) is 19.2 Å². The molecule has 0 radical (unpaired) electrons. The molecule has 1 aliphatic heterocycles. The van der Waals surface area contributed by atoms with E-state index in [1.165, 1.54) is 0 Å². The number of carbonyl (C=O) groups is 1. The minimum atomic E-state index is -0.0798. The molecule has 4 rings (SSSR count). The monoisotopic (exact) mass is 426 g/mol. The third-order valence-electron chi connectivity index (χ3n) is 5.19. The van der Waals surface area contributed by atoms with Crippen molar-refractivity contribution in [3.05, 3.63) is 71.9 Å². The van der Waals surface area contributed by atoms with Gasteiger partial charge in [0, 0.05) is 24.3 Å². The van der Waals surface area contributed by atoms with Gasteiger partial charge in [-0.05, 0) is 49.2 Å². The van der Waals surface area contributed by atoms with Crippen LogP contribution < -0.4 is 15.4 Å². The molecule has 1 aromatic heterocycles. The Morgan fingerprint density at radius 2 is 1.97 bits per heavy atom. The van der Waals surface area contributed by atoms with E-state index in [1.54, 1.807) is 7.11 Å². The molecular weight excluding hydrogens is 400 g/mol. The Balaban J connectivity index is 0.00000256. The van der Waals surface area contributed by atoms with Gasteiger partial charge in [-0.15, -0.1) is 12.4 Å². The molecule has 1 aliphatic rings. The number of hydrogen-bond acceptors (Lipinski definition) is 4. The number of nitrogens with zero attached hydrogens (tertiary/aromatic N) is 2. The summed E-state index contributed by atoms with van der Waals surface area (Å²) in [4.78, 5) is 13.1. The van der Waals surface area contributed by atoms with Gasteiger partial charge in [0.2, 0.25) is 0 Å². The van der Waals surface area contributed by atoms with E-state index in [0.717, 1.165) is 42.8 Å². The fourth-order valence-electron chi connectivity index (χ4n) is 3.64. The van der Waals surface area contributed by atoms with E-state index in [0.29, 0.717) is 17.8 Å². The van der Waals surface area contributed by atoms with Crippen molar-refractivity contribution >= 4 is 18.3 Å². The zero-order valence-corrected chi connectivity index (χ0v) is 17.8.